The van der Waals surface area contributed by atoms with E-state index in [1.54, 1.807) is 0 Å². The number of aliphatic hydroxyl groups is 1. The molecule has 1 rings (SSSR count). The predicted molar refractivity (Wildman–Crippen MR) is 51.3 cm³/mol. The minimum atomic E-state index is -3.27. The zero-order chi connectivity index (χ0) is 10.8. The summed E-state index contributed by atoms with van der Waals surface area (Å²) in [5, 5.41) is 8.77. The van der Waals surface area contributed by atoms with Gasteiger partial charge in [0.25, 0.3) is 0 Å². The van der Waals surface area contributed by atoms with E-state index in [0.717, 1.165) is 6.26 Å². The van der Waals surface area contributed by atoms with Crippen LogP contribution >= 0.6 is 0 Å². The molecule has 0 aliphatic carbocycles. The molecule has 0 saturated heterocycles. The molecular weight excluding hydrogens is 204 g/mol. The molecule has 1 aromatic heterocycles. The van der Waals surface area contributed by atoms with Crippen LogP contribution in [0.2, 0.25) is 0 Å². The Labute approximate surface area is 82.8 Å². The molecule has 0 fully saturated rings. The van der Waals surface area contributed by atoms with Crippen LogP contribution < -0.4 is 0 Å². The molecule has 5 nitrogen and oxygen atoms in total. The number of aliphatic hydroxyl groups excluding tert-OH is 1. The fourth-order valence-electron chi connectivity index (χ4n) is 0.938. The van der Waals surface area contributed by atoms with Gasteiger partial charge in [-0.3, -0.25) is 9.97 Å². The third kappa shape index (κ3) is 2.49. The molecule has 2 unspecified atom stereocenters. The normalized spacial score (nSPS) is 16.2. The summed E-state index contributed by atoms with van der Waals surface area (Å²) < 4.78 is 22.3. The first-order valence-corrected chi connectivity index (χ1v) is 6.01. The van der Waals surface area contributed by atoms with Crippen molar-refractivity contribution in [1.29, 1.82) is 0 Å². The maximum atomic E-state index is 11.1. The molecule has 0 saturated carbocycles. The molecule has 0 aliphatic heterocycles. The van der Waals surface area contributed by atoms with E-state index in [9.17, 15) is 13.5 Å². The molecule has 1 N–H and O–H groups in total. The molecule has 0 aromatic carbocycles. The minimum Gasteiger partial charge on any atom is -0.385 e. The second-order valence-electron chi connectivity index (χ2n) is 3.11. The van der Waals surface area contributed by atoms with Gasteiger partial charge >= 0.3 is 0 Å². The van der Waals surface area contributed by atoms with Crippen molar-refractivity contribution >= 4 is 9.84 Å². The Morgan fingerprint density at radius 1 is 1.43 bits per heavy atom. The first-order chi connectivity index (χ1) is 6.43. The van der Waals surface area contributed by atoms with Crippen LogP contribution in [0.15, 0.2) is 18.6 Å². The van der Waals surface area contributed by atoms with Crippen molar-refractivity contribution < 1.29 is 13.5 Å². The molecule has 0 bridgehead atoms. The Morgan fingerprint density at radius 3 is 2.50 bits per heavy atom. The first kappa shape index (κ1) is 11.1. The van der Waals surface area contributed by atoms with Gasteiger partial charge in [0.2, 0.25) is 0 Å². The molecule has 0 radical (unpaired) electrons. The van der Waals surface area contributed by atoms with Gasteiger partial charge in [0.1, 0.15) is 6.10 Å². The largest absolute Gasteiger partial charge is 0.385 e. The molecule has 0 spiro atoms. The van der Waals surface area contributed by atoms with Crippen LogP contribution in [0.3, 0.4) is 0 Å². The predicted octanol–water partition coefficient (Wildman–Crippen LogP) is -0.0569. The standard InChI is InChI=1S/C8H12N2O3S/c1-6(14(2,12)13)8(11)7-5-9-3-4-10-7/h3-6,8,11H,1-2H3. The van der Waals surface area contributed by atoms with Gasteiger partial charge in [0.15, 0.2) is 9.84 Å². The van der Waals surface area contributed by atoms with Gasteiger partial charge in [0.05, 0.1) is 17.1 Å². The van der Waals surface area contributed by atoms with E-state index in [0.29, 0.717) is 0 Å². The maximum Gasteiger partial charge on any atom is 0.152 e. The number of hydrogen-bond donors (Lipinski definition) is 1. The van der Waals surface area contributed by atoms with Crippen molar-refractivity contribution in [3.8, 4) is 0 Å². The summed E-state index contributed by atoms with van der Waals surface area (Å²) in [6.45, 7) is 1.44. The van der Waals surface area contributed by atoms with Crippen LogP contribution in [0.5, 0.6) is 0 Å². The summed E-state index contributed by atoms with van der Waals surface area (Å²) in [5.41, 5.74) is 0.269. The summed E-state index contributed by atoms with van der Waals surface area (Å²) in [6.07, 6.45) is 4.18. The monoisotopic (exact) mass is 216 g/mol. The quantitative estimate of drug-likeness (QED) is 0.765. The number of sulfone groups is 1. The smallest absolute Gasteiger partial charge is 0.152 e. The lowest BCUT2D eigenvalue weighted by molar-refractivity contribution is 0.171. The van der Waals surface area contributed by atoms with E-state index >= 15 is 0 Å². The SMILES string of the molecule is CC(C(O)c1cnccn1)S(C)(=O)=O. The van der Waals surface area contributed by atoms with Crippen molar-refractivity contribution in [2.24, 2.45) is 0 Å². The topological polar surface area (TPSA) is 80.2 Å². The summed E-state index contributed by atoms with van der Waals surface area (Å²) in [4.78, 5) is 7.59. The van der Waals surface area contributed by atoms with Crippen molar-refractivity contribution in [1.82, 2.24) is 9.97 Å². The molecule has 1 heterocycles. The third-order valence-electron chi connectivity index (χ3n) is 2.01. The highest BCUT2D eigenvalue weighted by molar-refractivity contribution is 7.91. The maximum absolute atomic E-state index is 11.1. The van der Waals surface area contributed by atoms with E-state index in [1.807, 2.05) is 0 Å². The van der Waals surface area contributed by atoms with E-state index in [2.05, 4.69) is 9.97 Å². The Morgan fingerprint density at radius 2 is 2.07 bits per heavy atom. The second kappa shape index (κ2) is 4.02. The fraction of sp³-hybridized carbons (Fsp3) is 0.500. The highest BCUT2D eigenvalue weighted by atomic mass is 32.2. The van der Waals surface area contributed by atoms with Gasteiger partial charge in [0, 0.05) is 18.6 Å². The number of hydrogen-bond acceptors (Lipinski definition) is 5. The summed E-state index contributed by atoms with van der Waals surface area (Å²) in [5.74, 6) is 0. The lowest BCUT2D eigenvalue weighted by Gasteiger charge is -2.15. The van der Waals surface area contributed by atoms with Gasteiger partial charge in [-0.25, -0.2) is 8.42 Å². The Kier molecular flexibility index (Phi) is 3.17. The highest BCUT2D eigenvalue weighted by Crippen LogP contribution is 2.18. The van der Waals surface area contributed by atoms with Crippen LogP contribution in [0.25, 0.3) is 0 Å². The molecule has 78 valence electrons. The van der Waals surface area contributed by atoms with Crippen molar-refractivity contribution in [2.75, 3.05) is 6.26 Å². The van der Waals surface area contributed by atoms with Crippen LogP contribution in [-0.4, -0.2) is 35.0 Å². The second-order valence-corrected chi connectivity index (χ2v) is 5.51. The Hall–Kier alpha value is -1.01. The molecule has 0 aliphatic rings. The zero-order valence-electron chi connectivity index (χ0n) is 7.95. The van der Waals surface area contributed by atoms with Crippen LogP contribution in [0.1, 0.15) is 18.7 Å². The van der Waals surface area contributed by atoms with Crippen molar-refractivity contribution in [3.63, 3.8) is 0 Å². The molecule has 6 heteroatoms. The van der Waals surface area contributed by atoms with Crippen LogP contribution in [0.4, 0.5) is 0 Å². The number of rotatable bonds is 3. The van der Waals surface area contributed by atoms with E-state index in [4.69, 9.17) is 0 Å². The first-order valence-electron chi connectivity index (χ1n) is 4.06. The van der Waals surface area contributed by atoms with Crippen LogP contribution in [-0.2, 0) is 9.84 Å². The van der Waals surface area contributed by atoms with Gasteiger partial charge < -0.3 is 5.11 Å². The Bertz CT molecular complexity index is 390. The molecule has 1 aromatic rings. The summed E-state index contributed by atoms with van der Waals surface area (Å²) in [7, 11) is -3.27. The van der Waals surface area contributed by atoms with Crippen molar-refractivity contribution in [2.45, 2.75) is 18.3 Å². The molecular formula is C8H12N2O3S. The molecule has 0 amide bonds. The van der Waals surface area contributed by atoms with Crippen LogP contribution in [0, 0.1) is 0 Å². The van der Waals surface area contributed by atoms with E-state index in [1.165, 1.54) is 25.5 Å². The Balaban J connectivity index is 2.92. The van der Waals surface area contributed by atoms with Gasteiger partial charge in [-0.05, 0) is 6.92 Å². The number of nitrogens with zero attached hydrogens (tertiary/aromatic N) is 2. The average molecular weight is 216 g/mol. The van der Waals surface area contributed by atoms with E-state index in [-0.39, 0.29) is 5.69 Å². The molecule has 2 atom stereocenters. The molecule has 14 heavy (non-hydrogen) atoms. The van der Waals surface area contributed by atoms with Gasteiger partial charge in [-0.1, -0.05) is 0 Å². The summed E-state index contributed by atoms with van der Waals surface area (Å²) >= 11 is 0. The van der Waals surface area contributed by atoms with Crippen molar-refractivity contribution in [3.05, 3.63) is 24.3 Å². The van der Waals surface area contributed by atoms with Gasteiger partial charge in [-0.15, -0.1) is 0 Å². The van der Waals surface area contributed by atoms with E-state index < -0.39 is 21.2 Å². The third-order valence-corrected chi connectivity index (χ3v) is 3.61. The lowest BCUT2D eigenvalue weighted by Crippen LogP contribution is -2.25. The fourth-order valence-corrected chi connectivity index (χ4v) is 1.55. The zero-order valence-corrected chi connectivity index (χ0v) is 8.77. The number of aromatic nitrogens is 2. The highest BCUT2D eigenvalue weighted by Gasteiger charge is 2.26. The average Bonchev–Trinajstić information content (AvgIpc) is 2.15. The van der Waals surface area contributed by atoms with Gasteiger partial charge in [-0.2, -0.15) is 0 Å². The minimum absolute atomic E-state index is 0.269. The summed E-state index contributed by atoms with van der Waals surface area (Å²) in [6, 6.07) is 0. The lowest BCUT2D eigenvalue weighted by atomic mass is 10.2.